The number of hydrogen-bond acceptors (Lipinski definition) is 1. The van der Waals surface area contributed by atoms with E-state index in [0.717, 1.165) is 5.52 Å². The first kappa shape index (κ1) is 9.60. The summed E-state index contributed by atoms with van der Waals surface area (Å²) >= 11 is 0. The average molecular weight is 229 g/mol. The molecule has 0 aliphatic carbocycles. The summed E-state index contributed by atoms with van der Waals surface area (Å²) in [6.07, 6.45) is 1.86. The Balaban J connectivity index is 2.27. The number of fused-ring (bicyclic) bond motifs is 4. The van der Waals surface area contributed by atoms with E-state index in [-0.39, 0.29) is 0 Å². The van der Waals surface area contributed by atoms with Crippen LogP contribution in [0.2, 0.25) is 0 Å². The third-order valence-electron chi connectivity index (χ3n) is 3.45. The lowest BCUT2D eigenvalue weighted by Crippen LogP contribution is -1.82. The van der Waals surface area contributed by atoms with Crippen LogP contribution < -0.4 is 0 Å². The summed E-state index contributed by atoms with van der Waals surface area (Å²) in [4.78, 5) is 4.52. The molecule has 0 amide bonds. The number of rotatable bonds is 0. The third kappa shape index (κ3) is 1.31. The minimum absolute atomic E-state index is 1.08. The Morgan fingerprint density at radius 3 is 2.22 bits per heavy atom. The molecule has 0 unspecified atom stereocenters. The van der Waals surface area contributed by atoms with Crippen LogP contribution in [0.25, 0.3) is 32.4 Å². The Morgan fingerprint density at radius 2 is 1.33 bits per heavy atom. The lowest BCUT2D eigenvalue weighted by molar-refractivity contribution is 1.43. The van der Waals surface area contributed by atoms with Gasteiger partial charge in [-0.3, -0.25) is 4.98 Å². The zero-order valence-electron chi connectivity index (χ0n) is 9.80. The van der Waals surface area contributed by atoms with E-state index in [0.29, 0.717) is 0 Å². The molecule has 1 heterocycles. The lowest BCUT2D eigenvalue weighted by atomic mass is 10.0. The van der Waals surface area contributed by atoms with Crippen molar-refractivity contribution in [3.05, 3.63) is 66.9 Å². The Labute approximate surface area is 105 Å². The van der Waals surface area contributed by atoms with Crippen LogP contribution in [0.15, 0.2) is 66.9 Å². The fourth-order valence-electron chi connectivity index (χ4n) is 2.56. The molecule has 0 N–H and O–H groups in total. The SMILES string of the molecule is c1ccc2cc3c(ccc4cccnc43)cc2c1. The molecule has 0 saturated carbocycles. The Bertz CT molecular complexity index is 872. The third-order valence-corrected chi connectivity index (χ3v) is 3.45. The molecular weight excluding hydrogens is 218 g/mol. The summed E-state index contributed by atoms with van der Waals surface area (Å²) in [5.41, 5.74) is 1.08. The van der Waals surface area contributed by atoms with Crippen LogP contribution in [0, 0.1) is 0 Å². The van der Waals surface area contributed by atoms with Crippen molar-refractivity contribution in [2.45, 2.75) is 0 Å². The van der Waals surface area contributed by atoms with Gasteiger partial charge in [-0.05, 0) is 34.4 Å². The quantitative estimate of drug-likeness (QED) is 0.318. The molecule has 84 valence electrons. The van der Waals surface area contributed by atoms with E-state index in [9.17, 15) is 0 Å². The van der Waals surface area contributed by atoms with Crippen molar-refractivity contribution in [3.63, 3.8) is 0 Å². The number of hydrogen-bond donors (Lipinski definition) is 0. The van der Waals surface area contributed by atoms with Crippen molar-refractivity contribution < 1.29 is 0 Å². The molecule has 1 heteroatoms. The predicted octanol–water partition coefficient (Wildman–Crippen LogP) is 4.54. The van der Waals surface area contributed by atoms with Crippen molar-refractivity contribution in [2.75, 3.05) is 0 Å². The largest absolute Gasteiger partial charge is 0.256 e. The van der Waals surface area contributed by atoms with E-state index in [2.05, 4.69) is 59.6 Å². The minimum atomic E-state index is 1.08. The van der Waals surface area contributed by atoms with Crippen molar-refractivity contribution in [1.29, 1.82) is 0 Å². The maximum atomic E-state index is 4.52. The second-order valence-corrected chi connectivity index (χ2v) is 4.56. The molecule has 0 saturated heterocycles. The molecule has 1 aromatic heterocycles. The van der Waals surface area contributed by atoms with Crippen LogP contribution in [-0.4, -0.2) is 4.98 Å². The van der Waals surface area contributed by atoms with Gasteiger partial charge in [-0.2, -0.15) is 0 Å². The van der Waals surface area contributed by atoms with Crippen LogP contribution in [0.5, 0.6) is 0 Å². The zero-order chi connectivity index (χ0) is 11.9. The Morgan fingerprint density at radius 1 is 0.611 bits per heavy atom. The normalized spacial score (nSPS) is 11.3. The second kappa shape index (κ2) is 3.54. The summed E-state index contributed by atoms with van der Waals surface area (Å²) in [6, 6.07) is 21.3. The van der Waals surface area contributed by atoms with E-state index >= 15 is 0 Å². The van der Waals surface area contributed by atoms with E-state index in [1.165, 1.54) is 26.9 Å². The van der Waals surface area contributed by atoms with Crippen LogP contribution >= 0.6 is 0 Å². The fraction of sp³-hybridized carbons (Fsp3) is 0. The molecule has 0 aliphatic heterocycles. The molecule has 0 radical (unpaired) electrons. The van der Waals surface area contributed by atoms with E-state index in [1.54, 1.807) is 0 Å². The van der Waals surface area contributed by atoms with Gasteiger partial charge in [0.25, 0.3) is 0 Å². The van der Waals surface area contributed by atoms with Gasteiger partial charge in [-0.15, -0.1) is 0 Å². The van der Waals surface area contributed by atoms with Gasteiger partial charge >= 0.3 is 0 Å². The molecule has 0 fully saturated rings. The number of pyridine rings is 1. The molecular formula is C17H11N. The van der Waals surface area contributed by atoms with Crippen molar-refractivity contribution in [1.82, 2.24) is 4.98 Å². The predicted molar refractivity (Wildman–Crippen MR) is 76.8 cm³/mol. The molecule has 4 rings (SSSR count). The molecule has 0 spiro atoms. The van der Waals surface area contributed by atoms with Crippen LogP contribution in [-0.2, 0) is 0 Å². The highest BCUT2D eigenvalue weighted by Crippen LogP contribution is 2.27. The van der Waals surface area contributed by atoms with E-state index in [4.69, 9.17) is 0 Å². The fourth-order valence-corrected chi connectivity index (χ4v) is 2.56. The maximum Gasteiger partial charge on any atom is 0.0780 e. The van der Waals surface area contributed by atoms with Gasteiger partial charge in [0.05, 0.1) is 5.52 Å². The van der Waals surface area contributed by atoms with Crippen LogP contribution in [0.3, 0.4) is 0 Å². The van der Waals surface area contributed by atoms with E-state index in [1.807, 2.05) is 12.3 Å². The second-order valence-electron chi connectivity index (χ2n) is 4.56. The van der Waals surface area contributed by atoms with Crippen molar-refractivity contribution in [2.24, 2.45) is 0 Å². The smallest absolute Gasteiger partial charge is 0.0780 e. The highest BCUT2D eigenvalue weighted by molar-refractivity contribution is 6.10. The molecule has 3 aromatic carbocycles. The van der Waals surface area contributed by atoms with Gasteiger partial charge < -0.3 is 0 Å². The van der Waals surface area contributed by atoms with Gasteiger partial charge in [0, 0.05) is 17.0 Å². The molecule has 0 atom stereocenters. The van der Waals surface area contributed by atoms with Gasteiger partial charge in [0.2, 0.25) is 0 Å². The van der Waals surface area contributed by atoms with Crippen LogP contribution in [0.1, 0.15) is 0 Å². The van der Waals surface area contributed by atoms with Gasteiger partial charge in [0.15, 0.2) is 0 Å². The van der Waals surface area contributed by atoms with Gasteiger partial charge in [-0.25, -0.2) is 0 Å². The number of nitrogens with zero attached hydrogens (tertiary/aromatic N) is 1. The summed E-state index contributed by atoms with van der Waals surface area (Å²) < 4.78 is 0. The lowest BCUT2D eigenvalue weighted by Gasteiger charge is -2.05. The number of benzene rings is 3. The Hall–Kier alpha value is -2.41. The first-order valence-corrected chi connectivity index (χ1v) is 6.08. The van der Waals surface area contributed by atoms with Gasteiger partial charge in [0.1, 0.15) is 0 Å². The first-order valence-electron chi connectivity index (χ1n) is 6.08. The average Bonchev–Trinajstić information content (AvgIpc) is 2.45. The maximum absolute atomic E-state index is 4.52. The van der Waals surface area contributed by atoms with Gasteiger partial charge in [-0.1, -0.05) is 42.5 Å². The molecule has 4 aromatic rings. The minimum Gasteiger partial charge on any atom is -0.256 e. The standard InChI is InChI=1S/C17H11N/c1-2-5-14-11-16-15(10-13(14)4-1)8-7-12-6-3-9-18-17(12)16/h1-11H. The number of aromatic nitrogens is 1. The monoisotopic (exact) mass is 229 g/mol. The molecule has 0 bridgehead atoms. The zero-order valence-corrected chi connectivity index (χ0v) is 9.80. The molecule has 18 heavy (non-hydrogen) atoms. The van der Waals surface area contributed by atoms with E-state index < -0.39 is 0 Å². The summed E-state index contributed by atoms with van der Waals surface area (Å²) in [7, 11) is 0. The summed E-state index contributed by atoms with van der Waals surface area (Å²) in [6.45, 7) is 0. The molecule has 1 nitrogen and oxygen atoms in total. The topological polar surface area (TPSA) is 12.9 Å². The first-order chi connectivity index (χ1) is 8.92. The summed E-state index contributed by atoms with van der Waals surface area (Å²) in [5, 5.41) is 6.22. The highest BCUT2D eigenvalue weighted by atomic mass is 14.6. The highest BCUT2D eigenvalue weighted by Gasteiger charge is 2.02. The van der Waals surface area contributed by atoms with Crippen molar-refractivity contribution >= 4 is 32.4 Å². The Kier molecular flexibility index (Phi) is 1.89. The summed E-state index contributed by atoms with van der Waals surface area (Å²) in [5.74, 6) is 0. The van der Waals surface area contributed by atoms with Crippen LogP contribution in [0.4, 0.5) is 0 Å². The molecule has 0 aliphatic rings. The van der Waals surface area contributed by atoms with Crippen molar-refractivity contribution in [3.8, 4) is 0 Å².